The fraction of sp³-hybridized carbons (Fsp3) is 0.500. The van der Waals surface area contributed by atoms with Crippen LogP contribution in [0.4, 0.5) is 0 Å². The molecule has 2 N–H and O–H groups in total. The Morgan fingerprint density at radius 2 is 2.28 bits per heavy atom. The van der Waals surface area contributed by atoms with Crippen molar-refractivity contribution < 1.29 is 17.9 Å². The van der Waals surface area contributed by atoms with Crippen molar-refractivity contribution in [3.8, 4) is 0 Å². The van der Waals surface area contributed by atoms with E-state index >= 15 is 0 Å². The van der Waals surface area contributed by atoms with E-state index in [0.717, 1.165) is 0 Å². The van der Waals surface area contributed by atoms with Gasteiger partial charge in [-0.2, -0.15) is 0 Å². The van der Waals surface area contributed by atoms with Crippen LogP contribution < -0.4 is 5.32 Å². The Kier molecular flexibility index (Phi) is 5.18. The number of aromatic nitrogens is 1. The van der Waals surface area contributed by atoms with E-state index in [1.807, 2.05) is 6.92 Å². The Bertz CT molecular complexity index is 512. The molecule has 0 aliphatic heterocycles. The molecule has 6 nitrogen and oxygen atoms in total. The van der Waals surface area contributed by atoms with Gasteiger partial charge in [0.15, 0.2) is 0 Å². The van der Waals surface area contributed by atoms with Crippen molar-refractivity contribution >= 4 is 25.6 Å². The predicted molar refractivity (Wildman–Crippen MR) is 67.3 cm³/mol. The van der Waals surface area contributed by atoms with Gasteiger partial charge in [-0.15, -0.1) is 0 Å². The van der Waals surface area contributed by atoms with Crippen molar-refractivity contribution in [2.45, 2.75) is 24.8 Å². The number of carbonyl (C=O) groups is 1. The van der Waals surface area contributed by atoms with Crippen LogP contribution in [-0.4, -0.2) is 38.6 Å². The van der Waals surface area contributed by atoms with Crippen LogP contribution >= 0.6 is 10.7 Å². The van der Waals surface area contributed by atoms with Crippen molar-refractivity contribution in [3.05, 3.63) is 18.0 Å². The highest BCUT2D eigenvalue weighted by molar-refractivity contribution is 8.13. The first-order valence-corrected chi connectivity index (χ1v) is 7.67. The summed E-state index contributed by atoms with van der Waals surface area (Å²) >= 11 is 0. The lowest BCUT2D eigenvalue weighted by Gasteiger charge is -2.12. The number of aromatic amines is 1. The van der Waals surface area contributed by atoms with Crippen LogP contribution in [0.25, 0.3) is 0 Å². The van der Waals surface area contributed by atoms with Crippen LogP contribution in [0.1, 0.15) is 24.3 Å². The zero-order valence-electron chi connectivity index (χ0n) is 10.1. The maximum absolute atomic E-state index is 11.7. The topological polar surface area (TPSA) is 88.3 Å². The summed E-state index contributed by atoms with van der Waals surface area (Å²) in [5, 5.41) is 2.66. The monoisotopic (exact) mass is 294 g/mol. The Hall–Kier alpha value is -1.05. The summed E-state index contributed by atoms with van der Waals surface area (Å²) in [6.07, 6.45) is 1.17. The van der Waals surface area contributed by atoms with Gasteiger partial charge in [0, 0.05) is 29.5 Å². The molecule has 102 valence electrons. The van der Waals surface area contributed by atoms with Gasteiger partial charge in [-0.05, 0) is 19.9 Å². The largest absolute Gasteiger partial charge is 0.380 e. The minimum absolute atomic E-state index is 0.133. The Labute approximate surface area is 110 Å². The first-order chi connectivity index (χ1) is 8.34. The first-order valence-electron chi connectivity index (χ1n) is 5.36. The molecule has 8 heteroatoms. The van der Waals surface area contributed by atoms with E-state index < -0.39 is 15.0 Å². The van der Waals surface area contributed by atoms with Gasteiger partial charge in [-0.1, -0.05) is 0 Å². The van der Waals surface area contributed by atoms with Gasteiger partial charge in [0.2, 0.25) is 0 Å². The molecule has 1 aromatic heterocycles. The predicted octanol–water partition coefficient (Wildman–Crippen LogP) is 1.10. The molecular formula is C10H15ClN2O4S. The molecule has 0 aliphatic rings. The van der Waals surface area contributed by atoms with Crippen molar-refractivity contribution in [2.24, 2.45) is 0 Å². The number of hydrogen-bond donors (Lipinski definition) is 2. The normalized spacial score (nSPS) is 13.3. The van der Waals surface area contributed by atoms with E-state index in [2.05, 4.69) is 10.3 Å². The fourth-order valence-corrected chi connectivity index (χ4v) is 2.01. The first kappa shape index (κ1) is 15.0. The van der Waals surface area contributed by atoms with Gasteiger partial charge in [-0.25, -0.2) is 8.42 Å². The van der Waals surface area contributed by atoms with Gasteiger partial charge < -0.3 is 15.0 Å². The molecule has 0 aliphatic carbocycles. The summed E-state index contributed by atoms with van der Waals surface area (Å²) in [5.41, 5.74) is 0.137. The Morgan fingerprint density at radius 3 is 2.78 bits per heavy atom. The van der Waals surface area contributed by atoms with Gasteiger partial charge in [0.05, 0.1) is 6.61 Å². The van der Waals surface area contributed by atoms with Crippen molar-refractivity contribution in [1.82, 2.24) is 10.3 Å². The van der Waals surface area contributed by atoms with Crippen LogP contribution in [0.3, 0.4) is 0 Å². The number of hydrogen-bond acceptors (Lipinski definition) is 4. The molecule has 0 fully saturated rings. The maximum Gasteiger partial charge on any atom is 0.268 e. The number of rotatable bonds is 6. The molecule has 0 spiro atoms. The fourth-order valence-electron chi connectivity index (χ4n) is 1.28. The maximum atomic E-state index is 11.7. The molecule has 0 saturated carbocycles. The van der Waals surface area contributed by atoms with Crippen molar-refractivity contribution in [3.63, 3.8) is 0 Å². The van der Waals surface area contributed by atoms with E-state index in [1.165, 1.54) is 12.3 Å². The number of nitrogens with one attached hydrogen (secondary N) is 2. The molecule has 18 heavy (non-hydrogen) atoms. The molecule has 1 unspecified atom stereocenters. The highest BCUT2D eigenvalue weighted by Crippen LogP contribution is 2.15. The van der Waals surface area contributed by atoms with Gasteiger partial charge in [-0.3, -0.25) is 4.79 Å². The summed E-state index contributed by atoms with van der Waals surface area (Å²) in [4.78, 5) is 14.1. The van der Waals surface area contributed by atoms with E-state index in [9.17, 15) is 13.2 Å². The molecule has 0 saturated heterocycles. The number of ether oxygens (including phenoxy) is 1. The SMILES string of the molecule is CCOCC(C)NC(=O)c1cc(S(=O)(=O)Cl)c[nH]1. The third-order valence-corrected chi connectivity index (χ3v) is 3.47. The zero-order valence-corrected chi connectivity index (χ0v) is 11.6. The second-order valence-electron chi connectivity index (χ2n) is 3.72. The van der Waals surface area contributed by atoms with Crippen LogP contribution in [-0.2, 0) is 13.8 Å². The van der Waals surface area contributed by atoms with Crippen molar-refractivity contribution in [1.29, 1.82) is 0 Å². The molecule has 1 rings (SSSR count). The van der Waals surface area contributed by atoms with Crippen LogP contribution in [0.5, 0.6) is 0 Å². The van der Waals surface area contributed by atoms with Gasteiger partial charge >= 0.3 is 0 Å². The quantitative estimate of drug-likeness (QED) is 0.769. The molecule has 1 atom stereocenters. The summed E-state index contributed by atoms with van der Waals surface area (Å²) in [6.45, 7) is 4.60. The second-order valence-corrected chi connectivity index (χ2v) is 6.29. The number of carbonyl (C=O) groups excluding carboxylic acids is 1. The summed E-state index contributed by atoms with van der Waals surface area (Å²) in [5.74, 6) is -0.409. The third-order valence-electron chi connectivity index (χ3n) is 2.13. The van der Waals surface area contributed by atoms with E-state index in [4.69, 9.17) is 15.4 Å². The number of halogens is 1. The molecule has 1 aromatic rings. The standard InChI is InChI=1S/C10H15ClN2O4S/c1-3-17-6-7(2)13-10(14)9-4-8(5-12-9)18(11,15)16/h4-5,7,12H,3,6H2,1-2H3,(H,13,14). The van der Waals surface area contributed by atoms with E-state index in [1.54, 1.807) is 6.92 Å². The molecule has 0 radical (unpaired) electrons. The molecule has 0 bridgehead atoms. The molecule has 1 heterocycles. The molecular weight excluding hydrogens is 280 g/mol. The average Bonchev–Trinajstić information content (AvgIpc) is 2.75. The third kappa shape index (κ3) is 4.32. The summed E-state index contributed by atoms with van der Waals surface area (Å²) in [6, 6.07) is 1.02. The highest BCUT2D eigenvalue weighted by Gasteiger charge is 2.17. The minimum atomic E-state index is -3.82. The van der Waals surface area contributed by atoms with Crippen LogP contribution in [0, 0.1) is 0 Å². The zero-order chi connectivity index (χ0) is 13.8. The van der Waals surface area contributed by atoms with Gasteiger partial charge in [0.1, 0.15) is 10.6 Å². The van der Waals surface area contributed by atoms with Crippen molar-refractivity contribution in [2.75, 3.05) is 13.2 Å². The minimum Gasteiger partial charge on any atom is -0.380 e. The lowest BCUT2D eigenvalue weighted by Crippen LogP contribution is -2.36. The van der Waals surface area contributed by atoms with Gasteiger partial charge in [0.25, 0.3) is 15.0 Å². The highest BCUT2D eigenvalue weighted by atomic mass is 35.7. The van der Waals surface area contributed by atoms with Crippen LogP contribution in [0.15, 0.2) is 17.2 Å². The Morgan fingerprint density at radius 1 is 1.61 bits per heavy atom. The number of amides is 1. The van der Waals surface area contributed by atoms with E-state index in [-0.39, 0.29) is 16.6 Å². The smallest absolute Gasteiger partial charge is 0.268 e. The summed E-state index contributed by atoms with van der Waals surface area (Å²) in [7, 11) is 1.33. The average molecular weight is 295 g/mol. The molecule has 1 amide bonds. The second kappa shape index (κ2) is 6.21. The number of H-pyrrole nitrogens is 1. The lowest BCUT2D eigenvalue weighted by atomic mass is 10.3. The molecule has 0 aromatic carbocycles. The van der Waals surface area contributed by atoms with Crippen LogP contribution in [0.2, 0.25) is 0 Å². The Balaban J connectivity index is 2.65. The summed E-state index contributed by atoms with van der Waals surface area (Å²) < 4.78 is 27.2. The van der Waals surface area contributed by atoms with E-state index in [0.29, 0.717) is 13.2 Å². The lowest BCUT2D eigenvalue weighted by molar-refractivity contribution is 0.0868.